The van der Waals surface area contributed by atoms with E-state index in [1.54, 1.807) is 24.3 Å². The van der Waals surface area contributed by atoms with E-state index in [0.29, 0.717) is 59.3 Å². The quantitative estimate of drug-likeness (QED) is 0.0967. The van der Waals surface area contributed by atoms with Crippen LogP contribution in [0.4, 0.5) is 8.78 Å². The van der Waals surface area contributed by atoms with Gasteiger partial charge in [0.05, 0.1) is 22.6 Å². The molecule has 4 aromatic rings. The zero-order chi connectivity index (χ0) is 44.7. The van der Waals surface area contributed by atoms with Crippen molar-refractivity contribution in [1.82, 2.24) is 19.2 Å². The molecule has 14 heteroatoms. The van der Waals surface area contributed by atoms with E-state index < -0.39 is 43.5 Å². The van der Waals surface area contributed by atoms with Gasteiger partial charge < -0.3 is 9.80 Å². The van der Waals surface area contributed by atoms with E-state index in [0.717, 1.165) is 11.1 Å². The van der Waals surface area contributed by atoms with Crippen molar-refractivity contribution in [3.63, 3.8) is 0 Å². The van der Waals surface area contributed by atoms with Gasteiger partial charge in [0.1, 0.15) is 11.6 Å². The summed E-state index contributed by atoms with van der Waals surface area (Å²) < 4.78 is 88.1. The van der Waals surface area contributed by atoms with E-state index >= 15 is 8.78 Å². The fourth-order valence-corrected chi connectivity index (χ4v) is 9.65. The van der Waals surface area contributed by atoms with E-state index in [1.165, 1.54) is 48.5 Å². The van der Waals surface area contributed by atoms with Gasteiger partial charge in [-0.3, -0.25) is 9.59 Å². The van der Waals surface area contributed by atoms with E-state index in [2.05, 4.69) is 9.44 Å². The van der Waals surface area contributed by atoms with Gasteiger partial charge in [0.25, 0.3) is 20.0 Å². The predicted octanol–water partition coefficient (Wildman–Crippen LogP) is 8.12. The van der Waals surface area contributed by atoms with Crippen molar-refractivity contribution in [2.45, 2.75) is 114 Å². The fourth-order valence-electron chi connectivity index (χ4n) is 7.61. The van der Waals surface area contributed by atoms with Crippen LogP contribution in [0.2, 0.25) is 0 Å². The van der Waals surface area contributed by atoms with Crippen LogP contribution in [0.5, 0.6) is 0 Å². The highest BCUT2D eigenvalue weighted by Gasteiger charge is 2.27. The van der Waals surface area contributed by atoms with Gasteiger partial charge in [0.2, 0.25) is 11.8 Å². The third-order valence-electron chi connectivity index (χ3n) is 10.5. The van der Waals surface area contributed by atoms with Crippen LogP contribution in [-0.2, 0) is 55.6 Å². The van der Waals surface area contributed by atoms with Crippen LogP contribution < -0.4 is 9.44 Å². The number of halogens is 2. The Hall–Kier alpha value is -4.50. The lowest BCUT2D eigenvalue weighted by atomic mass is 9.81. The SMILES string of the molecule is CC(C)c1cc(F)cc(C(C)CCC(C)c2cc(F)cc(C(C)C)c2CC(=O)NS(=O)(=O)c2cccc(CN(C)C)c2)c1CC(=O)NS(=O)(=O)c1ccc(CN(C)C)cc1. The highest BCUT2D eigenvalue weighted by molar-refractivity contribution is 7.90. The molecule has 10 nitrogen and oxygen atoms in total. The van der Waals surface area contributed by atoms with Gasteiger partial charge >= 0.3 is 0 Å². The average Bonchev–Trinajstić information content (AvgIpc) is 3.13. The summed E-state index contributed by atoms with van der Waals surface area (Å²) in [5.41, 5.74) is 5.06. The van der Waals surface area contributed by atoms with Crippen LogP contribution >= 0.6 is 0 Å². The highest BCUT2D eigenvalue weighted by Crippen LogP contribution is 2.37. The van der Waals surface area contributed by atoms with Gasteiger partial charge in [-0.25, -0.2) is 35.1 Å². The van der Waals surface area contributed by atoms with Crippen LogP contribution in [0.15, 0.2) is 82.6 Å². The topological polar surface area (TPSA) is 133 Å². The molecular formula is C46H60F2N4O6S2. The van der Waals surface area contributed by atoms with E-state index in [4.69, 9.17) is 0 Å². The molecule has 2 N–H and O–H groups in total. The zero-order valence-corrected chi connectivity index (χ0v) is 38.0. The van der Waals surface area contributed by atoms with Gasteiger partial charge in [-0.2, -0.15) is 0 Å². The van der Waals surface area contributed by atoms with Gasteiger partial charge in [-0.15, -0.1) is 0 Å². The lowest BCUT2D eigenvalue weighted by Crippen LogP contribution is -2.32. The molecule has 4 aromatic carbocycles. The number of carbonyl (C=O) groups is 2. The van der Waals surface area contributed by atoms with Crippen molar-refractivity contribution >= 4 is 31.9 Å². The molecule has 0 bridgehead atoms. The largest absolute Gasteiger partial charge is 0.305 e. The molecule has 0 fully saturated rings. The Kier molecular flexibility index (Phi) is 16.4. The Morgan fingerprint density at radius 2 is 0.950 bits per heavy atom. The van der Waals surface area contributed by atoms with E-state index in [-0.39, 0.29) is 46.3 Å². The van der Waals surface area contributed by atoms with Crippen molar-refractivity contribution in [3.05, 3.63) is 129 Å². The normalized spacial score (nSPS) is 13.3. The molecule has 326 valence electrons. The van der Waals surface area contributed by atoms with Crippen LogP contribution in [0, 0.1) is 11.6 Å². The first-order valence-corrected chi connectivity index (χ1v) is 23.2. The monoisotopic (exact) mass is 866 g/mol. The van der Waals surface area contributed by atoms with Crippen molar-refractivity contribution in [3.8, 4) is 0 Å². The number of hydrogen-bond donors (Lipinski definition) is 2. The number of benzene rings is 4. The molecule has 0 aliphatic rings. The zero-order valence-electron chi connectivity index (χ0n) is 36.4. The minimum Gasteiger partial charge on any atom is -0.305 e. The second-order valence-electron chi connectivity index (χ2n) is 17.0. The molecule has 0 aliphatic heterocycles. The molecule has 2 amide bonds. The van der Waals surface area contributed by atoms with E-state index in [9.17, 15) is 26.4 Å². The molecule has 0 aromatic heterocycles. The van der Waals surface area contributed by atoms with E-state index in [1.807, 2.05) is 79.5 Å². The maximum absolute atomic E-state index is 15.3. The third-order valence-corrected chi connectivity index (χ3v) is 13.3. The Morgan fingerprint density at radius 3 is 1.37 bits per heavy atom. The van der Waals surface area contributed by atoms with Gasteiger partial charge in [0.15, 0.2) is 0 Å². The minimum atomic E-state index is -4.21. The number of hydrogen-bond acceptors (Lipinski definition) is 8. The Labute approximate surface area is 355 Å². The lowest BCUT2D eigenvalue weighted by molar-refractivity contribution is -0.119. The van der Waals surface area contributed by atoms with Crippen LogP contribution in [0.1, 0.15) is 123 Å². The summed E-state index contributed by atoms with van der Waals surface area (Å²) in [6.45, 7) is 12.4. The number of rotatable bonds is 19. The number of nitrogens with zero attached hydrogens (tertiary/aromatic N) is 2. The first kappa shape index (κ1) is 48.2. The second-order valence-corrected chi connectivity index (χ2v) is 20.4. The maximum atomic E-state index is 15.3. The summed E-state index contributed by atoms with van der Waals surface area (Å²) in [7, 11) is -0.858. The Morgan fingerprint density at radius 1 is 0.550 bits per heavy atom. The minimum absolute atomic E-state index is 0.0390. The summed E-state index contributed by atoms with van der Waals surface area (Å²) in [6.07, 6.45) is 0.324. The molecule has 0 radical (unpaired) electrons. The smallest absolute Gasteiger partial charge is 0.264 e. The molecule has 60 heavy (non-hydrogen) atoms. The van der Waals surface area contributed by atoms with Gasteiger partial charge in [-0.05, 0) is 158 Å². The Bertz CT molecular complexity index is 2380. The summed E-state index contributed by atoms with van der Waals surface area (Å²) in [5.74, 6) is -3.48. The van der Waals surface area contributed by atoms with Crippen molar-refractivity contribution in [2.24, 2.45) is 0 Å². The molecular weight excluding hydrogens is 807 g/mol. The number of nitrogens with one attached hydrogen (secondary N) is 2. The molecule has 0 aliphatic carbocycles. The third kappa shape index (κ3) is 13.0. The number of sulfonamides is 2. The maximum Gasteiger partial charge on any atom is 0.264 e. The summed E-state index contributed by atoms with van der Waals surface area (Å²) >= 11 is 0. The van der Waals surface area contributed by atoms with Gasteiger partial charge in [-0.1, -0.05) is 65.8 Å². The summed E-state index contributed by atoms with van der Waals surface area (Å²) in [5, 5.41) is 0. The van der Waals surface area contributed by atoms with Gasteiger partial charge in [0, 0.05) is 13.1 Å². The van der Waals surface area contributed by atoms with Crippen LogP contribution in [-0.4, -0.2) is 66.6 Å². The van der Waals surface area contributed by atoms with Crippen molar-refractivity contribution < 1.29 is 35.2 Å². The molecule has 2 atom stereocenters. The molecule has 2 unspecified atom stereocenters. The number of carbonyl (C=O) groups excluding carboxylic acids is 2. The van der Waals surface area contributed by atoms with Crippen LogP contribution in [0.25, 0.3) is 0 Å². The molecule has 0 saturated heterocycles. The molecule has 0 spiro atoms. The Balaban J connectivity index is 1.57. The van der Waals surface area contributed by atoms with Crippen LogP contribution in [0.3, 0.4) is 0 Å². The fraction of sp³-hybridized carbons (Fsp3) is 0.435. The van der Waals surface area contributed by atoms with Crippen molar-refractivity contribution in [2.75, 3.05) is 28.2 Å². The first-order valence-electron chi connectivity index (χ1n) is 20.2. The van der Waals surface area contributed by atoms with Crippen molar-refractivity contribution in [1.29, 1.82) is 0 Å². The summed E-state index contributed by atoms with van der Waals surface area (Å²) in [6, 6.07) is 18.2. The predicted molar refractivity (Wildman–Crippen MR) is 233 cm³/mol. The molecule has 4 rings (SSSR count). The number of amides is 2. The molecule has 0 saturated carbocycles. The summed E-state index contributed by atoms with van der Waals surface area (Å²) in [4.78, 5) is 30.7. The lowest BCUT2D eigenvalue weighted by Gasteiger charge is -2.25. The molecule has 0 heterocycles. The highest BCUT2D eigenvalue weighted by atomic mass is 32.2. The average molecular weight is 867 g/mol. The first-order chi connectivity index (χ1) is 28.0. The second kappa shape index (κ2) is 20.4. The standard InChI is InChI=1S/C46H60F2N4O6S2/c1-29(2)39-21-35(47)23-41(43(39)25-45(53)49-59(55,56)37-18-16-33(17-19-37)27-51(7)8)31(5)14-15-32(6)42-24-36(48)22-40(30(3)4)44(42)26-46(54)50-60(57,58)38-13-11-12-34(20-38)28-52(9)10/h11-13,16-24,29-32H,14-15,25-28H2,1-10H3,(H,49,53)(H,50,54).